The first-order valence-electron chi connectivity index (χ1n) is 10.5. The number of likely N-dealkylation sites (tertiary alicyclic amines) is 1. The maximum absolute atomic E-state index is 13.3. The maximum atomic E-state index is 13.3. The monoisotopic (exact) mass is 504 g/mol. The number of methoxy groups -OCH3 is 2. The summed E-state index contributed by atoms with van der Waals surface area (Å²) in [6, 6.07) is 4.97. The van der Waals surface area contributed by atoms with Crippen LogP contribution in [0, 0.1) is 11.3 Å². The zero-order chi connectivity index (χ0) is 26.1. The number of nitrogens with zero attached hydrogens (tertiary/aromatic N) is 2. The van der Waals surface area contributed by atoms with E-state index in [1.54, 1.807) is 0 Å². The molecule has 6 nitrogen and oxygen atoms in total. The van der Waals surface area contributed by atoms with Gasteiger partial charge >= 0.3 is 12.4 Å². The normalized spacial score (nSPS) is 18.1. The summed E-state index contributed by atoms with van der Waals surface area (Å²) in [5.74, 6) is -1.42. The molecule has 35 heavy (non-hydrogen) atoms. The molecule has 1 atom stereocenters. The Morgan fingerprint density at radius 1 is 1.11 bits per heavy atom. The van der Waals surface area contributed by atoms with Crippen LogP contribution in [0.4, 0.5) is 26.3 Å². The first kappa shape index (κ1) is 26.2. The molecule has 0 radical (unpaired) electrons. The van der Waals surface area contributed by atoms with Crippen molar-refractivity contribution in [3.05, 3.63) is 52.0 Å². The zero-order valence-electron chi connectivity index (χ0n) is 19.0. The van der Waals surface area contributed by atoms with E-state index in [0.717, 1.165) is 19.1 Å². The number of hydrogen-bond donors (Lipinski definition) is 0. The minimum Gasteiger partial charge on any atom is -0.496 e. The highest BCUT2D eigenvalue weighted by Crippen LogP contribution is 2.41. The van der Waals surface area contributed by atoms with Gasteiger partial charge < -0.3 is 19.1 Å². The lowest BCUT2D eigenvalue weighted by Gasteiger charge is -2.41. The molecule has 3 rings (SSSR count). The Balaban J connectivity index is 1.87. The molecular weight excluding hydrogens is 482 g/mol. The van der Waals surface area contributed by atoms with Gasteiger partial charge in [-0.3, -0.25) is 4.79 Å². The first-order valence-corrected chi connectivity index (χ1v) is 10.5. The van der Waals surface area contributed by atoms with Gasteiger partial charge in [0.1, 0.15) is 22.8 Å². The molecule has 1 amide bonds. The van der Waals surface area contributed by atoms with Gasteiger partial charge in [0.25, 0.3) is 5.91 Å². The van der Waals surface area contributed by atoms with Crippen LogP contribution in [0.3, 0.4) is 0 Å². The fourth-order valence-corrected chi connectivity index (χ4v) is 3.92. The van der Waals surface area contributed by atoms with Crippen LogP contribution >= 0.6 is 0 Å². The molecule has 1 heterocycles. The molecule has 1 aromatic carbocycles. The maximum Gasteiger partial charge on any atom is 0.425 e. The fourth-order valence-electron chi connectivity index (χ4n) is 3.92. The summed E-state index contributed by atoms with van der Waals surface area (Å²) in [6.07, 6.45) is -11.5. The van der Waals surface area contributed by atoms with Crippen molar-refractivity contribution in [1.29, 1.82) is 5.26 Å². The second kappa shape index (κ2) is 9.71. The van der Waals surface area contributed by atoms with Crippen molar-refractivity contribution in [3.8, 4) is 11.8 Å². The number of halogens is 6. The lowest BCUT2D eigenvalue weighted by atomic mass is 9.88. The Kier molecular flexibility index (Phi) is 7.29. The van der Waals surface area contributed by atoms with E-state index in [-0.39, 0.29) is 60.3 Å². The van der Waals surface area contributed by atoms with Crippen molar-refractivity contribution in [3.63, 3.8) is 0 Å². The van der Waals surface area contributed by atoms with Crippen LogP contribution in [0.5, 0.6) is 5.75 Å². The number of hydrogen-bond acceptors (Lipinski definition) is 5. The Hall–Kier alpha value is -3.36. The van der Waals surface area contributed by atoms with Crippen molar-refractivity contribution in [1.82, 2.24) is 4.90 Å². The molecule has 1 aliphatic carbocycles. The molecule has 2 aliphatic rings. The van der Waals surface area contributed by atoms with E-state index < -0.39 is 29.9 Å². The largest absolute Gasteiger partial charge is 0.496 e. The molecule has 12 heteroatoms. The average Bonchev–Trinajstić information content (AvgIpc) is 2.76. The van der Waals surface area contributed by atoms with E-state index in [1.165, 1.54) is 25.2 Å². The van der Waals surface area contributed by atoms with Gasteiger partial charge in [-0.05, 0) is 25.5 Å². The SMILES string of the molecule is COC1=C(C#N)CCC(O[C@@H](C)C(F)(F)F)=C1C(=O)N1CC(c2ccc(C(F)(F)F)cc2OC)C1. The van der Waals surface area contributed by atoms with E-state index in [0.29, 0.717) is 5.56 Å². The number of allylic oxidation sites excluding steroid dienone is 2. The molecule has 0 bridgehead atoms. The summed E-state index contributed by atoms with van der Waals surface area (Å²) in [5.41, 5.74) is -0.574. The highest BCUT2D eigenvalue weighted by molar-refractivity contribution is 5.99. The second-order valence-electron chi connectivity index (χ2n) is 8.09. The summed E-state index contributed by atoms with van der Waals surface area (Å²) in [5, 5.41) is 9.38. The van der Waals surface area contributed by atoms with Gasteiger partial charge in [-0.25, -0.2) is 0 Å². The molecule has 0 N–H and O–H groups in total. The highest BCUT2D eigenvalue weighted by Gasteiger charge is 2.43. The molecule has 0 spiro atoms. The molecule has 0 unspecified atom stereocenters. The third-order valence-corrected chi connectivity index (χ3v) is 5.88. The minimum absolute atomic E-state index is 0.0149. The van der Waals surface area contributed by atoms with E-state index >= 15 is 0 Å². The summed E-state index contributed by atoms with van der Waals surface area (Å²) in [4.78, 5) is 14.6. The Bertz CT molecular complexity index is 1090. The third kappa shape index (κ3) is 5.33. The molecule has 190 valence electrons. The Morgan fingerprint density at radius 2 is 1.77 bits per heavy atom. The summed E-state index contributed by atoms with van der Waals surface area (Å²) in [7, 11) is 2.43. The number of benzene rings is 1. The van der Waals surface area contributed by atoms with E-state index in [1.807, 2.05) is 6.07 Å². The molecule has 1 aliphatic heterocycles. The van der Waals surface area contributed by atoms with Crippen molar-refractivity contribution in [2.45, 2.75) is 44.1 Å². The average molecular weight is 504 g/mol. The van der Waals surface area contributed by atoms with E-state index in [4.69, 9.17) is 14.2 Å². The van der Waals surface area contributed by atoms with Crippen LogP contribution in [0.1, 0.15) is 36.8 Å². The minimum atomic E-state index is -4.67. The lowest BCUT2D eigenvalue weighted by Crippen LogP contribution is -2.49. The van der Waals surface area contributed by atoms with Gasteiger partial charge in [-0.2, -0.15) is 31.6 Å². The number of rotatable bonds is 6. The van der Waals surface area contributed by atoms with Crippen molar-refractivity contribution in [2.24, 2.45) is 0 Å². The van der Waals surface area contributed by atoms with Crippen LogP contribution in [-0.2, 0) is 20.4 Å². The smallest absolute Gasteiger partial charge is 0.425 e. The predicted octanol–water partition coefficient (Wildman–Crippen LogP) is 5.08. The predicted molar refractivity (Wildman–Crippen MR) is 110 cm³/mol. The molecular formula is C23H22F6N2O4. The molecule has 0 aromatic heterocycles. The lowest BCUT2D eigenvalue weighted by molar-refractivity contribution is -0.204. The van der Waals surface area contributed by atoms with Crippen LogP contribution in [0.25, 0.3) is 0 Å². The number of carbonyl (C=O) groups is 1. The Labute approximate surface area is 197 Å². The topological polar surface area (TPSA) is 71.8 Å². The van der Waals surface area contributed by atoms with Crippen LogP contribution < -0.4 is 4.74 Å². The first-order chi connectivity index (χ1) is 16.3. The van der Waals surface area contributed by atoms with Gasteiger partial charge in [-0.1, -0.05) is 6.07 Å². The number of carbonyl (C=O) groups excluding carboxylic acids is 1. The molecule has 1 saturated heterocycles. The molecule has 0 saturated carbocycles. The summed E-state index contributed by atoms with van der Waals surface area (Å²) >= 11 is 0. The Morgan fingerprint density at radius 3 is 2.29 bits per heavy atom. The molecule has 1 fully saturated rings. The van der Waals surface area contributed by atoms with Crippen LogP contribution in [0.15, 0.2) is 40.9 Å². The van der Waals surface area contributed by atoms with Gasteiger partial charge in [0.2, 0.25) is 0 Å². The van der Waals surface area contributed by atoms with Gasteiger partial charge in [-0.15, -0.1) is 0 Å². The van der Waals surface area contributed by atoms with Gasteiger partial charge in [0.05, 0.1) is 31.4 Å². The van der Waals surface area contributed by atoms with Crippen molar-refractivity contribution >= 4 is 5.91 Å². The van der Waals surface area contributed by atoms with Crippen LogP contribution in [-0.4, -0.2) is 50.4 Å². The van der Waals surface area contributed by atoms with Crippen molar-refractivity contribution in [2.75, 3.05) is 27.3 Å². The number of amides is 1. The van der Waals surface area contributed by atoms with Gasteiger partial charge in [0, 0.05) is 31.0 Å². The number of nitriles is 1. The van der Waals surface area contributed by atoms with Crippen LogP contribution in [0.2, 0.25) is 0 Å². The van der Waals surface area contributed by atoms with E-state index in [2.05, 4.69) is 0 Å². The second-order valence-corrected chi connectivity index (χ2v) is 8.09. The third-order valence-electron chi connectivity index (χ3n) is 5.88. The quantitative estimate of drug-likeness (QED) is 0.506. The summed E-state index contributed by atoms with van der Waals surface area (Å²) < 4.78 is 93.6. The summed E-state index contributed by atoms with van der Waals surface area (Å²) in [6.45, 7) is 0.956. The zero-order valence-corrected chi connectivity index (χ0v) is 19.0. The van der Waals surface area contributed by atoms with E-state index in [9.17, 15) is 36.4 Å². The number of alkyl halides is 6. The standard InChI is InChI=1S/C23H22F6N2O4/c1-12(22(24,25)26)35-17-7-4-13(9-30)20(34-3)19(17)21(32)31-10-14(11-31)16-6-5-15(23(27,28)29)8-18(16)33-2/h5-6,8,12,14H,4,7,10-11H2,1-3H3/t12-/m0/s1. The number of ether oxygens (including phenoxy) is 3. The fraction of sp³-hybridized carbons (Fsp3) is 0.478. The molecule has 1 aromatic rings. The van der Waals surface area contributed by atoms with Crippen molar-refractivity contribution < 1.29 is 45.3 Å². The van der Waals surface area contributed by atoms with Gasteiger partial charge in [0.15, 0.2) is 6.10 Å². The highest BCUT2D eigenvalue weighted by atomic mass is 19.4.